The molecular weight excluding hydrogens is 424 g/mol. The Morgan fingerprint density at radius 1 is 1.11 bits per heavy atom. The second-order valence-corrected chi connectivity index (χ2v) is 7.82. The molecule has 0 atom stereocenters. The summed E-state index contributed by atoms with van der Waals surface area (Å²) in [6.45, 7) is 7.69. The standard InChI is InChI=1S/C22H21BrO5/c1-12(2)17-10-18(23)14(4)7-19(17)26-11-22(25)27-15-5-6-16-13(3)8-21(24)28-20(16)9-15/h5-10,12H,11H2,1-4H3. The lowest BCUT2D eigenvalue weighted by molar-refractivity contribution is -0.136. The number of carbonyl (C=O) groups excluding carboxylic acids is 1. The van der Waals surface area contributed by atoms with Gasteiger partial charge in [0, 0.05) is 22.0 Å². The molecule has 0 fully saturated rings. The molecule has 0 spiro atoms. The highest BCUT2D eigenvalue weighted by Crippen LogP contribution is 2.32. The van der Waals surface area contributed by atoms with Crippen molar-refractivity contribution in [3.05, 3.63) is 68.0 Å². The van der Waals surface area contributed by atoms with Crippen LogP contribution in [0.5, 0.6) is 11.5 Å². The third-order valence-electron chi connectivity index (χ3n) is 4.41. The molecule has 3 rings (SSSR count). The number of halogens is 1. The van der Waals surface area contributed by atoms with E-state index in [1.807, 2.05) is 26.0 Å². The molecule has 0 aliphatic heterocycles. The lowest BCUT2D eigenvalue weighted by Gasteiger charge is -2.15. The van der Waals surface area contributed by atoms with E-state index in [1.54, 1.807) is 12.1 Å². The fourth-order valence-corrected chi connectivity index (χ4v) is 3.27. The Hall–Kier alpha value is -2.60. The number of ether oxygens (including phenoxy) is 2. The molecule has 0 aliphatic carbocycles. The van der Waals surface area contributed by atoms with E-state index in [-0.39, 0.29) is 12.5 Å². The summed E-state index contributed by atoms with van der Waals surface area (Å²) in [5.41, 5.74) is 2.77. The average molecular weight is 445 g/mol. The van der Waals surface area contributed by atoms with Crippen LogP contribution in [-0.2, 0) is 4.79 Å². The van der Waals surface area contributed by atoms with Crippen LogP contribution in [0, 0.1) is 13.8 Å². The quantitative estimate of drug-likeness (QED) is 0.304. The first-order valence-corrected chi connectivity index (χ1v) is 9.72. The van der Waals surface area contributed by atoms with Gasteiger partial charge in [-0.25, -0.2) is 9.59 Å². The van der Waals surface area contributed by atoms with Crippen molar-refractivity contribution >= 4 is 32.9 Å². The molecule has 0 amide bonds. The third-order valence-corrected chi connectivity index (χ3v) is 5.27. The van der Waals surface area contributed by atoms with Crippen molar-refractivity contribution in [3.63, 3.8) is 0 Å². The van der Waals surface area contributed by atoms with E-state index in [0.717, 1.165) is 26.5 Å². The number of aryl methyl sites for hydroxylation is 2. The third kappa shape index (κ3) is 4.44. The van der Waals surface area contributed by atoms with E-state index in [0.29, 0.717) is 17.1 Å². The lowest BCUT2D eigenvalue weighted by Crippen LogP contribution is -2.18. The highest BCUT2D eigenvalue weighted by molar-refractivity contribution is 9.10. The van der Waals surface area contributed by atoms with Crippen LogP contribution in [-0.4, -0.2) is 12.6 Å². The SMILES string of the molecule is Cc1cc(OCC(=O)Oc2ccc3c(C)cc(=O)oc3c2)c(C(C)C)cc1Br. The van der Waals surface area contributed by atoms with Crippen molar-refractivity contribution in [2.24, 2.45) is 0 Å². The van der Waals surface area contributed by atoms with Crippen LogP contribution in [0.3, 0.4) is 0 Å². The maximum Gasteiger partial charge on any atom is 0.349 e. The summed E-state index contributed by atoms with van der Waals surface area (Å²) in [4.78, 5) is 23.8. The average Bonchev–Trinajstić information content (AvgIpc) is 2.61. The second kappa shape index (κ2) is 8.19. The Morgan fingerprint density at radius 3 is 2.57 bits per heavy atom. The highest BCUT2D eigenvalue weighted by Gasteiger charge is 2.14. The first kappa shape index (κ1) is 20.1. The molecule has 3 aromatic rings. The summed E-state index contributed by atoms with van der Waals surface area (Å²) < 4.78 is 17.2. The minimum atomic E-state index is -0.537. The van der Waals surface area contributed by atoms with E-state index in [9.17, 15) is 9.59 Å². The van der Waals surface area contributed by atoms with Crippen LogP contribution in [0.25, 0.3) is 11.0 Å². The van der Waals surface area contributed by atoms with Gasteiger partial charge in [0.05, 0.1) is 0 Å². The van der Waals surface area contributed by atoms with Crippen molar-refractivity contribution < 1.29 is 18.7 Å². The molecule has 0 bridgehead atoms. The Labute approximate surface area is 171 Å². The predicted molar refractivity (Wildman–Crippen MR) is 111 cm³/mol. The monoisotopic (exact) mass is 444 g/mol. The molecule has 5 nitrogen and oxygen atoms in total. The summed E-state index contributed by atoms with van der Waals surface area (Å²) in [6.07, 6.45) is 0. The Kier molecular flexibility index (Phi) is 5.89. The molecule has 1 aromatic heterocycles. The van der Waals surface area contributed by atoms with Gasteiger partial charge in [-0.15, -0.1) is 0 Å². The van der Waals surface area contributed by atoms with Gasteiger partial charge in [0.15, 0.2) is 6.61 Å². The summed E-state index contributed by atoms with van der Waals surface area (Å²) in [5, 5.41) is 0.794. The number of hydrogen-bond donors (Lipinski definition) is 0. The van der Waals surface area contributed by atoms with Gasteiger partial charge < -0.3 is 13.9 Å². The van der Waals surface area contributed by atoms with Crippen molar-refractivity contribution in [1.29, 1.82) is 0 Å². The maximum absolute atomic E-state index is 12.2. The second-order valence-electron chi connectivity index (χ2n) is 6.96. The molecule has 1 heterocycles. The van der Waals surface area contributed by atoms with Crippen LogP contribution in [0.15, 0.2) is 50.1 Å². The van der Waals surface area contributed by atoms with Gasteiger partial charge in [-0.1, -0.05) is 29.8 Å². The van der Waals surface area contributed by atoms with E-state index in [1.165, 1.54) is 12.1 Å². The smallest absolute Gasteiger partial charge is 0.349 e. The Bertz CT molecular complexity index is 1100. The van der Waals surface area contributed by atoms with Gasteiger partial charge in [0.1, 0.15) is 17.1 Å². The van der Waals surface area contributed by atoms with Crippen molar-refractivity contribution in [1.82, 2.24) is 0 Å². The van der Waals surface area contributed by atoms with Crippen LogP contribution >= 0.6 is 15.9 Å². The van der Waals surface area contributed by atoms with Crippen molar-refractivity contribution in [3.8, 4) is 11.5 Å². The number of benzene rings is 2. The van der Waals surface area contributed by atoms with Gasteiger partial charge in [0.2, 0.25) is 0 Å². The molecule has 2 aromatic carbocycles. The zero-order chi connectivity index (χ0) is 20.4. The molecule has 0 saturated carbocycles. The van der Waals surface area contributed by atoms with E-state index >= 15 is 0 Å². The summed E-state index contributed by atoms with van der Waals surface area (Å²) in [6, 6.07) is 10.3. The fraction of sp³-hybridized carbons (Fsp3) is 0.273. The summed E-state index contributed by atoms with van der Waals surface area (Å²) in [7, 11) is 0. The summed E-state index contributed by atoms with van der Waals surface area (Å²) in [5.74, 6) is 0.665. The molecule has 0 aliphatic rings. The number of rotatable bonds is 5. The van der Waals surface area contributed by atoms with Crippen LogP contribution in [0.2, 0.25) is 0 Å². The minimum Gasteiger partial charge on any atom is -0.482 e. The Balaban J connectivity index is 1.74. The van der Waals surface area contributed by atoms with E-state index in [2.05, 4.69) is 29.8 Å². The molecule has 0 radical (unpaired) electrons. The molecule has 146 valence electrons. The van der Waals surface area contributed by atoms with Crippen molar-refractivity contribution in [2.75, 3.05) is 6.61 Å². The summed E-state index contributed by atoms with van der Waals surface area (Å²) >= 11 is 3.52. The molecule has 28 heavy (non-hydrogen) atoms. The number of fused-ring (bicyclic) bond motifs is 1. The maximum atomic E-state index is 12.2. The number of hydrogen-bond acceptors (Lipinski definition) is 5. The number of carbonyl (C=O) groups is 1. The number of esters is 1. The fourth-order valence-electron chi connectivity index (χ4n) is 2.91. The largest absolute Gasteiger partial charge is 0.482 e. The minimum absolute atomic E-state index is 0.226. The highest BCUT2D eigenvalue weighted by atomic mass is 79.9. The molecule has 0 unspecified atom stereocenters. The van der Waals surface area contributed by atoms with Gasteiger partial charge in [0.25, 0.3) is 0 Å². The lowest BCUT2D eigenvalue weighted by atomic mass is 10.0. The molecular formula is C22H21BrO5. The van der Waals surface area contributed by atoms with Crippen LogP contribution in [0.1, 0.15) is 36.5 Å². The van der Waals surface area contributed by atoms with Gasteiger partial charge in [-0.2, -0.15) is 0 Å². The van der Waals surface area contributed by atoms with Crippen LogP contribution < -0.4 is 15.1 Å². The normalized spacial score (nSPS) is 11.1. The van der Waals surface area contributed by atoms with Gasteiger partial charge in [-0.3, -0.25) is 0 Å². The zero-order valence-electron chi connectivity index (χ0n) is 16.2. The van der Waals surface area contributed by atoms with E-state index in [4.69, 9.17) is 13.9 Å². The molecule has 0 saturated heterocycles. The molecule has 6 heteroatoms. The first-order chi connectivity index (χ1) is 13.2. The van der Waals surface area contributed by atoms with E-state index < -0.39 is 11.6 Å². The Morgan fingerprint density at radius 2 is 1.86 bits per heavy atom. The van der Waals surface area contributed by atoms with Gasteiger partial charge in [-0.05, 0) is 60.7 Å². The van der Waals surface area contributed by atoms with Gasteiger partial charge >= 0.3 is 11.6 Å². The van der Waals surface area contributed by atoms with Crippen LogP contribution in [0.4, 0.5) is 0 Å². The van der Waals surface area contributed by atoms with Crippen molar-refractivity contribution in [2.45, 2.75) is 33.6 Å². The zero-order valence-corrected chi connectivity index (χ0v) is 17.8. The predicted octanol–water partition coefficient (Wildman–Crippen LogP) is 5.28. The molecule has 0 N–H and O–H groups in total. The first-order valence-electron chi connectivity index (χ1n) is 8.92. The topological polar surface area (TPSA) is 65.7 Å².